The molecule has 134 valence electrons. The number of pyridine rings is 1. The van der Waals surface area contributed by atoms with Crippen molar-refractivity contribution in [3.63, 3.8) is 0 Å². The second-order valence-corrected chi connectivity index (χ2v) is 6.26. The van der Waals surface area contributed by atoms with E-state index < -0.39 is 17.6 Å². The molecule has 0 saturated heterocycles. The number of carbonyl (C=O) groups is 1. The first-order valence-corrected chi connectivity index (χ1v) is 8.30. The standard InChI is InChI=1S/C21H14F2N2O2/c22-14-6-13(7-15(23)9-14)17-4-5-25-19-11-24-10-18(20(17)19)21(27)12-2-1-3-16(26)8-12/h1-10,18,26H,11H2. The molecule has 2 aromatic carbocycles. The Balaban J connectivity index is 1.86. The van der Waals surface area contributed by atoms with Crippen molar-refractivity contribution < 1.29 is 18.7 Å². The maximum Gasteiger partial charge on any atom is 0.175 e. The van der Waals surface area contributed by atoms with Crippen molar-refractivity contribution in [2.75, 3.05) is 0 Å². The normalized spacial score (nSPS) is 15.4. The quantitative estimate of drug-likeness (QED) is 0.706. The Labute approximate surface area is 153 Å². The van der Waals surface area contributed by atoms with Gasteiger partial charge in [-0.1, -0.05) is 12.1 Å². The van der Waals surface area contributed by atoms with E-state index in [1.807, 2.05) is 0 Å². The minimum atomic E-state index is -0.759. The number of rotatable bonds is 3. The highest BCUT2D eigenvalue weighted by Crippen LogP contribution is 2.35. The van der Waals surface area contributed by atoms with Gasteiger partial charge < -0.3 is 5.11 Å². The second-order valence-electron chi connectivity index (χ2n) is 6.26. The van der Waals surface area contributed by atoms with Gasteiger partial charge in [-0.2, -0.15) is 0 Å². The third-order valence-corrected chi connectivity index (χ3v) is 4.47. The lowest BCUT2D eigenvalue weighted by Crippen LogP contribution is -2.21. The topological polar surface area (TPSA) is 62.5 Å². The number of fused-ring (bicyclic) bond motifs is 1. The van der Waals surface area contributed by atoms with Crippen molar-refractivity contribution in [3.05, 3.63) is 83.2 Å². The van der Waals surface area contributed by atoms with Crippen LogP contribution in [0.1, 0.15) is 27.5 Å². The van der Waals surface area contributed by atoms with Gasteiger partial charge in [0, 0.05) is 24.0 Å². The van der Waals surface area contributed by atoms with Crippen LogP contribution in [0.15, 0.2) is 59.7 Å². The summed E-state index contributed by atoms with van der Waals surface area (Å²) in [6, 6.07) is 10.9. The van der Waals surface area contributed by atoms with Crippen LogP contribution in [0.5, 0.6) is 5.75 Å². The molecule has 0 saturated carbocycles. The Morgan fingerprint density at radius 1 is 1.07 bits per heavy atom. The first-order valence-electron chi connectivity index (χ1n) is 8.30. The molecule has 3 aromatic rings. The average molecular weight is 364 g/mol. The summed E-state index contributed by atoms with van der Waals surface area (Å²) >= 11 is 0. The first kappa shape index (κ1) is 17.0. The molecule has 1 N–H and O–H groups in total. The number of phenols is 1. The fraction of sp³-hybridized carbons (Fsp3) is 0.0952. The molecule has 1 aliphatic heterocycles. The van der Waals surface area contributed by atoms with Crippen LogP contribution in [0.4, 0.5) is 8.78 Å². The number of nitrogens with zero attached hydrogens (tertiary/aromatic N) is 2. The third-order valence-electron chi connectivity index (χ3n) is 4.47. The van der Waals surface area contributed by atoms with Gasteiger partial charge in [0.05, 0.1) is 18.2 Å². The first-order chi connectivity index (χ1) is 13.0. The van der Waals surface area contributed by atoms with E-state index in [0.717, 1.165) is 6.07 Å². The summed E-state index contributed by atoms with van der Waals surface area (Å²) in [6.45, 7) is 0.283. The predicted octanol–water partition coefficient (Wildman–Crippen LogP) is 4.28. The summed E-state index contributed by atoms with van der Waals surface area (Å²) in [4.78, 5) is 21.6. The van der Waals surface area contributed by atoms with Crippen molar-refractivity contribution in [2.45, 2.75) is 12.5 Å². The third kappa shape index (κ3) is 3.21. The van der Waals surface area contributed by atoms with Gasteiger partial charge in [0.2, 0.25) is 0 Å². The van der Waals surface area contributed by atoms with Gasteiger partial charge in [-0.05, 0) is 47.0 Å². The van der Waals surface area contributed by atoms with Crippen LogP contribution in [-0.2, 0) is 6.54 Å². The van der Waals surface area contributed by atoms with Crippen molar-refractivity contribution >= 4 is 12.0 Å². The summed E-state index contributed by atoms with van der Waals surface area (Å²) in [7, 11) is 0. The number of hydrogen-bond donors (Lipinski definition) is 1. The maximum atomic E-state index is 13.7. The van der Waals surface area contributed by atoms with E-state index >= 15 is 0 Å². The molecule has 1 aliphatic rings. The van der Waals surface area contributed by atoms with Crippen LogP contribution in [-0.4, -0.2) is 22.1 Å². The van der Waals surface area contributed by atoms with Crippen molar-refractivity contribution in [2.24, 2.45) is 4.99 Å². The highest BCUT2D eigenvalue weighted by molar-refractivity contribution is 6.12. The lowest BCUT2D eigenvalue weighted by Gasteiger charge is -2.22. The van der Waals surface area contributed by atoms with E-state index in [4.69, 9.17) is 0 Å². The zero-order valence-electron chi connectivity index (χ0n) is 14.1. The zero-order chi connectivity index (χ0) is 19.0. The van der Waals surface area contributed by atoms with Gasteiger partial charge in [0.1, 0.15) is 17.4 Å². The summed E-state index contributed by atoms with van der Waals surface area (Å²) in [5.41, 5.74) is 2.33. The molecule has 0 fully saturated rings. The van der Waals surface area contributed by atoms with Crippen molar-refractivity contribution in [3.8, 4) is 16.9 Å². The maximum absolute atomic E-state index is 13.7. The largest absolute Gasteiger partial charge is 0.508 e. The number of benzene rings is 2. The Bertz CT molecular complexity index is 1060. The van der Waals surface area contributed by atoms with Crippen LogP contribution in [0.2, 0.25) is 0 Å². The molecular formula is C21H14F2N2O2. The Kier molecular flexibility index (Phi) is 4.24. The monoisotopic (exact) mass is 364 g/mol. The van der Waals surface area contributed by atoms with Crippen LogP contribution >= 0.6 is 0 Å². The number of hydrogen-bond acceptors (Lipinski definition) is 4. The van der Waals surface area contributed by atoms with E-state index in [-0.39, 0.29) is 18.1 Å². The smallest absolute Gasteiger partial charge is 0.175 e. The predicted molar refractivity (Wildman–Crippen MR) is 97.0 cm³/mol. The van der Waals surface area contributed by atoms with E-state index in [0.29, 0.717) is 27.9 Å². The number of ketones is 1. The van der Waals surface area contributed by atoms with Gasteiger partial charge in [0.25, 0.3) is 0 Å². The van der Waals surface area contributed by atoms with E-state index in [9.17, 15) is 18.7 Å². The molecule has 6 heteroatoms. The van der Waals surface area contributed by atoms with Crippen LogP contribution in [0, 0.1) is 11.6 Å². The molecule has 0 amide bonds. The number of aromatic hydroxyl groups is 1. The van der Waals surface area contributed by atoms with E-state index in [1.54, 1.807) is 18.2 Å². The zero-order valence-corrected chi connectivity index (χ0v) is 14.1. The van der Waals surface area contributed by atoms with Crippen LogP contribution < -0.4 is 0 Å². The molecule has 1 aromatic heterocycles. The highest BCUT2D eigenvalue weighted by atomic mass is 19.1. The molecule has 4 rings (SSSR count). The van der Waals surface area contributed by atoms with Gasteiger partial charge in [-0.25, -0.2) is 8.78 Å². The molecule has 0 aliphatic carbocycles. The second kappa shape index (κ2) is 6.72. The number of Topliss-reactive ketones (excluding diaryl/α,β-unsaturated/α-hetero) is 1. The molecule has 1 atom stereocenters. The number of halogens is 2. The van der Waals surface area contributed by atoms with E-state index in [2.05, 4.69) is 9.98 Å². The lowest BCUT2D eigenvalue weighted by molar-refractivity contribution is 0.0982. The van der Waals surface area contributed by atoms with Crippen molar-refractivity contribution in [1.82, 2.24) is 4.98 Å². The molecule has 0 spiro atoms. The Morgan fingerprint density at radius 2 is 1.85 bits per heavy atom. The summed E-state index contributed by atoms with van der Waals surface area (Å²) in [5.74, 6) is -2.45. The summed E-state index contributed by atoms with van der Waals surface area (Å²) < 4.78 is 27.5. The molecule has 4 nitrogen and oxygen atoms in total. The average Bonchev–Trinajstić information content (AvgIpc) is 2.65. The highest BCUT2D eigenvalue weighted by Gasteiger charge is 2.29. The molecule has 1 unspecified atom stereocenters. The number of aliphatic imine (C=N–C) groups is 1. The number of aromatic nitrogens is 1. The van der Waals surface area contributed by atoms with Gasteiger partial charge >= 0.3 is 0 Å². The van der Waals surface area contributed by atoms with Gasteiger partial charge in [-0.15, -0.1) is 0 Å². The number of carbonyl (C=O) groups excluding carboxylic acids is 1. The fourth-order valence-electron chi connectivity index (χ4n) is 3.31. The molecule has 2 heterocycles. The molecule has 0 radical (unpaired) electrons. The Hall–Kier alpha value is -3.41. The SMILES string of the molecule is O=C(c1cccc(O)c1)C1C=NCc2nccc(-c3cc(F)cc(F)c3)c21. The molecule has 0 bridgehead atoms. The van der Waals surface area contributed by atoms with Gasteiger partial charge in [0.15, 0.2) is 5.78 Å². The van der Waals surface area contributed by atoms with E-state index in [1.165, 1.54) is 36.7 Å². The van der Waals surface area contributed by atoms with Crippen LogP contribution in [0.3, 0.4) is 0 Å². The summed E-state index contributed by atoms with van der Waals surface area (Å²) in [6.07, 6.45) is 3.06. The minimum absolute atomic E-state index is 0.0209. The minimum Gasteiger partial charge on any atom is -0.508 e. The molecular weight excluding hydrogens is 350 g/mol. The van der Waals surface area contributed by atoms with Crippen LogP contribution in [0.25, 0.3) is 11.1 Å². The Morgan fingerprint density at radius 3 is 2.59 bits per heavy atom. The molecule has 27 heavy (non-hydrogen) atoms. The summed E-state index contributed by atoms with van der Waals surface area (Å²) in [5, 5.41) is 9.67. The van der Waals surface area contributed by atoms with Crippen molar-refractivity contribution in [1.29, 1.82) is 0 Å². The fourth-order valence-corrected chi connectivity index (χ4v) is 3.31. The van der Waals surface area contributed by atoms with Gasteiger partial charge in [-0.3, -0.25) is 14.8 Å². The lowest BCUT2D eigenvalue weighted by atomic mass is 9.84. The number of phenolic OH excluding ortho intramolecular Hbond substituents is 1.